The minimum atomic E-state index is -0.285. The predicted molar refractivity (Wildman–Crippen MR) is 60.0 cm³/mol. The van der Waals surface area contributed by atoms with Crippen molar-refractivity contribution in [3.8, 4) is 0 Å². The maximum Gasteiger partial charge on any atom is 0.123 e. The fourth-order valence-electron chi connectivity index (χ4n) is 1.21. The van der Waals surface area contributed by atoms with Gasteiger partial charge in [0.05, 0.1) is 11.4 Å². The number of benzene rings is 2. The summed E-state index contributed by atoms with van der Waals surface area (Å²) in [6.45, 7) is 0. The second kappa shape index (κ2) is 4.61. The van der Waals surface area contributed by atoms with Crippen LogP contribution in [0.2, 0.25) is 0 Å². The van der Waals surface area contributed by atoms with E-state index in [4.69, 9.17) is 0 Å². The van der Waals surface area contributed by atoms with Crippen molar-refractivity contribution >= 4 is 11.4 Å². The van der Waals surface area contributed by atoms with Crippen molar-refractivity contribution < 1.29 is 8.78 Å². The molecule has 2 N–H and O–H groups in total. The molecule has 16 heavy (non-hydrogen) atoms. The maximum atomic E-state index is 12.6. The van der Waals surface area contributed by atoms with Gasteiger partial charge in [-0.3, -0.25) is 0 Å². The van der Waals surface area contributed by atoms with E-state index in [-0.39, 0.29) is 11.6 Å². The fraction of sp³-hybridized carbons (Fsp3) is 0. The van der Waals surface area contributed by atoms with Gasteiger partial charge in [0.2, 0.25) is 0 Å². The first-order valence-corrected chi connectivity index (χ1v) is 4.77. The number of anilines is 2. The van der Waals surface area contributed by atoms with Crippen LogP contribution >= 0.6 is 0 Å². The van der Waals surface area contributed by atoms with E-state index < -0.39 is 0 Å². The normalized spacial score (nSPS) is 9.88. The van der Waals surface area contributed by atoms with E-state index in [2.05, 4.69) is 10.9 Å². The second-order valence-corrected chi connectivity index (χ2v) is 3.26. The Labute approximate surface area is 91.9 Å². The summed E-state index contributed by atoms with van der Waals surface area (Å²) in [6, 6.07) is 11.8. The van der Waals surface area contributed by atoms with Gasteiger partial charge in [0.15, 0.2) is 0 Å². The molecule has 0 aliphatic heterocycles. The summed E-state index contributed by atoms with van der Waals surface area (Å²) < 4.78 is 25.2. The summed E-state index contributed by atoms with van der Waals surface area (Å²) in [4.78, 5) is 0. The molecule has 0 amide bonds. The molecule has 0 bridgehead atoms. The minimum absolute atomic E-state index is 0.285. The highest BCUT2D eigenvalue weighted by Gasteiger charge is 1.94. The second-order valence-electron chi connectivity index (χ2n) is 3.26. The van der Waals surface area contributed by atoms with Crippen molar-refractivity contribution in [1.29, 1.82) is 0 Å². The fourth-order valence-corrected chi connectivity index (χ4v) is 1.21. The van der Waals surface area contributed by atoms with Crippen molar-refractivity contribution in [2.45, 2.75) is 0 Å². The molecule has 2 aromatic rings. The van der Waals surface area contributed by atoms with Crippen LogP contribution in [0.1, 0.15) is 0 Å². The van der Waals surface area contributed by atoms with Crippen LogP contribution in [0.15, 0.2) is 48.5 Å². The topological polar surface area (TPSA) is 24.1 Å². The van der Waals surface area contributed by atoms with Gasteiger partial charge in [-0.2, -0.15) is 0 Å². The molecular weight excluding hydrogens is 210 g/mol. The molecule has 0 aliphatic rings. The highest BCUT2D eigenvalue weighted by atomic mass is 19.1. The lowest BCUT2D eigenvalue weighted by molar-refractivity contribution is 0.627. The zero-order valence-corrected chi connectivity index (χ0v) is 8.37. The van der Waals surface area contributed by atoms with Crippen molar-refractivity contribution in [1.82, 2.24) is 0 Å². The molecule has 0 heterocycles. The number of hydrogen-bond acceptors (Lipinski definition) is 2. The Morgan fingerprint density at radius 3 is 1.19 bits per heavy atom. The van der Waals surface area contributed by atoms with Gasteiger partial charge in [-0.15, -0.1) is 0 Å². The van der Waals surface area contributed by atoms with Crippen LogP contribution in [0.4, 0.5) is 20.2 Å². The van der Waals surface area contributed by atoms with E-state index >= 15 is 0 Å². The first kappa shape index (κ1) is 10.4. The summed E-state index contributed by atoms with van der Waals surface area (Å²) in [5.41, 5.74) is 7.19. The molecule has 0 saturated carbocycles. The first-order valence-electron chi connectivity index (χ1n) is 4.77. The van der Waals surface area contributed by atoms with Crippen LogP contribution < -0.4 is 10.9 Å². The molecule has 2 rings (SSSR count). The highest BCUT2D eigenvalue weighted by Crippen LogP contribution is 2.11. The summed E-state index contributed by atoms with van der Waals surface area (Å²) >= 11 is 0. The van der Waals surface area contributed by atoms with Gasteiger partial charge in [-0.25, -0.2) is 8.78 Å². The summed E-state index contributed by atoms with van der Waals surface area (Å²) in [5.74, 6) is -0.570. The Morgan fingerprint density at radius 1 is 0.562 bits per heavy atom. The van der Waals surface area contributed by atoms with Gasteiger partial charge >= 0.3 is 0 Å². The van der Waals surface area contributed by atoms with Crippen molar-refractivity contribution in [2.75, 3.05) is 10.9 Å². The first-order chi connectivity index (χ1) is 7.74. The highest BCUT2D eigenvalue weighted by molar-refractivity contribution is 5.52. The maximum absolute atomic E-state index is 12.6. The van der Waals surface area contributed by atoms with Crippen molar-refractivity contribution in [2.24, 2.45) is 0 Å². The monoisotopic (exact) mass is 220 g/mol. The number of hydrazine groups is 1. The van der Waals surface area contributed by atoms with Crippen LogP contribution in [-0.4, -0.2) is 0 Å². The smallest absolute Gasteiger partial charge is 0.123 e. The number of halogens is 2. The number of hydrogen-bond donors (Lipinski definition) is 2. The van der Waals surface area contributed by atoms with Gasteiger partial charge in [-0.1, -0.05) is 0 Å². The Kier molecular flexibility index (Phi) is 3.00. The Balaban J connectivity index is 1.97. The Bertz CT molecular complexity index is 406. The van der Waals surface area contributed by atoms with E-state index in [1.807, 2.05) is 0 Å². The lowest BCUT2D eigenvalue weighted by atomic mass is 10.3. The van der Waals surface area contributed by atoms with E-state index in [0.29, 0.717) is 0 Å². The SMILES string of the molecule is Fc1ccc(NNc2ccc(F)cc2)cc1. The standard InChI is InChI=1S/C12H10F2N2/c13-9-1-5-11(6-2-9)15-16-12-7-3-10(14)4-8-12/h1-8,15-16H. The predicted octanol–water partition coefficient (Wildman–Crippen LogP) is 3.40. The molecular formula is C12H10F2N2. The van der Waals surface area contributed by atoms with E-state index in [1.165, 1.54) is 24.3 Å². The molecule has 0 aliphatic carbocycles. The van der Waals surface area contributed by atoms with Crippen LogP contribution in [0.3, 0.4) is 0 Å². The third-order valence-electron chi connectivity index (χ3n) is 2.04. The van der Waals surface area contributed by atoms with Crippen molar-refractivity contribution in [3.05, 3.63) is 60.2 Å². The molecule has 4 heteroatoms. The van der Waals surface area contributed by atoms with Gasteiger partial charge in [0.25, 0.3) is 0 Å². The molecule has 0 atom stereocenters. The minimum Gasteiger partial charge on any atom is -0.301 e. The van der Waals surface area contributed by atoms with Crippen LogP contribution in [-0.2, 0) is 0 Å². The quantitative estimate of drug-likeness (QED) is 0.774. The third-order valence-corrected chi connectivity index (χ3v) is 2.04. The Morgan fingerprint density at radius 2 is 0.875 bits per heavy atom. The molecule has 0 aromatic heterocycles. The van der Waals surface area contributed by atoms with E-state index in [0.717, 1.165) is 11.4 Å². The third kappa shape index (κ3) is 2.70. The summed E-state index contributed by atoms with van der Waals surface area (Å²) in [5, 5.41) is 0. The van der Waals surface area contributed by atoms with Gasteiger partial charge in [-0.05, 0) is 48.5 Å². The average molecular weight is 220 g/mol. The van der Waals surface area contributed by atoms with Crippen molar-refractivity contribution in [3.63, 3.8) is 0 Å². The van der Waals surface area contributed by atoms with E-state index in [9.17, 15) is 8.78 Å². The average Bonchev–Trinajstić information content (AvgIpc) is 2.30. The van der Waals surface area contributed by atoms with Gasteiger partial charge < -0.3 is 10.9 Å². The largest absolute Gasteiger partial charge is 0.301 e. The molecule has 2 aromatic carbocycles. The molecule has 0 radical (unpaired) electrons. The molecule has 0 fully saturated rings. The van der Waals surface area contributed by atoms with Crippen LogP contribution in [0.5, 0.6) is 0 Å². The van der Waals surface area contributed by atoms with Crippen LogP contribution in [0.25, 0.3) is 0 Å². The van der Waals surface area contributed by atoms with Gasteiger partial charge in [0, 0.05) is 0 Å². The molecule has 0 unspecified atom stereocenters. The number of rotatable bonds is 3. The van der Waals surface area contributed by atoms with E-state index in [1.54, 1.807) is 24.3 Å². The summed E-state index contributed by atoms with van der Waals surface area (Å²) in [6.07, 6.45) is 0. The molecule has 2 nitrogen and oxygen atoms in total. The van der Waals surface area contributed by atoms with Gasteiger partial charge in [0.1, 0.15) is 11.6 Å². The number of nitrogens with one attached hydrogen (secondary N) is 2. The zero-order chi connectivity index (χ0) is 11.4. The zero-order valence-electron chi connectivity index (χ0n) is 8.37. The molecule has 0 saturated heterocycles. The Hall–Kier alpha value is -2.10. The summed E-state index contributed by atoms with van der Waals surface area (Å²) in [7, 11) is 0. The molecule has 82 valence electrons. The molecule has 0 spiro atoms. The lowest BCUT2D eigenvalue weighted by Crippen LogP contribution is -2.08. The lowest BCUT2D eigenvalue weighted by Gasteiger charge is -2.09. The van der Waals surface area contributed by atoms with Crippen LogP contribution in [0, 0.1) is 11.6 Å².